The van der Waals surface area contributed by atoms with E-state index in [9.17, 15) is 0 Å². The molecule has 0 aliphatic heterocycles. The van der Waals surface area contributed by atoms with Gasteiger partial charge >= 0.3 is 0 Å². The predicted molar refractivity (Wildman–Crippen MR) is 83.0 cm³/mol. The highest BCUT2D eigenvalue weighted by Crippen LogP contribution is 2.30. The Hall–Kier alpha value is -2.48. The summed E-state index contributed by atoms with van der Waals surface area (Å²) < 4.78 is 11.9. The Morgan fingerprint density at radius 1 is 1.32 bits per heavy atom. The van der Waals surface area contributed by atoms with Crippen LogP contribution in [0, 0.1) is 6.92 Å². The Kier molecular flexibility index (Phi) is 4.01. The molecule has 0 radical (unpaired) electrons. The average Bonchev–Trinajstić information content (AvgIpc) is 3.11. The number of nitrogen functional groups attached to an aromatic ring is 1. The van der Waals surface area contributed by atoms with Crippen molar-refractivity contribution in [1.82, 2.24) is 20.0 Å². The molecule has 3 rings (SSSR count). The number of thioether (sulfide) groups is 1. The van der Waals surface area contributed by atoms with E-state index in [1.807, 2.05) is 37.3 Å². The number of hydrogen-bond donors (Lipinski definition) is 1. The van der Waals surface area contributed by atoms with Crippen molar-refractivity contribution < 1.29 is 9.26 Å². The van der Waals surface area contributed by atoms with Crippen molar-refractivity contribution >= 4 is 11.8 Å². The largest absolute Gasteiger partial charge is 0.496 e. The number of rotatable bonds is 5. The van der Waals surface area contributed by atoms with Crippen molar-refractivity contribution in [1.29, 1.82) is 0 Å². The molecule has 2 N–H and O–H groups in total. The van der Waals surface area contributed by atoms with Gasteiger partial charge in [0.15, 0.2) is 5.82 Å². The molecule has 3 aromatic rings. The monoisotopic (exact) mass is 317 g/mol. The third-order valence-electron chi connectivity index (χ3n) is 3.03. The first-order valence-electron chi connectivity index (χ1n) is 6.58. The number of nitrogens with two attached hydrogens (primary N) is 1. The fraction of sp³-hybridized carbons (Fsp3) is 0.214. The zero-order chi connectivity index (χ0) is 15.5. The van der Waals surface area contributed by atoms with Gasteiger partial charge in [0, 0.05) is 6.07 Å². The number of aryl methyl sites for hydroxylation is 1. The number of para-hydroxylation sites is 1. The molecule has 0 bridgehead atoms. The van der Waals surface area contributed by atoms with Crippen LogP contribution in [0.3, 0.4) is 0 Å². The number of nitrogens with zero attached hydrogens (tertiary/aromatic N) is 4. The highest BCUT2D eigenvalue weighted by atomic mass is 32.2. The summed E-state index contributed by atoms with van der Waals surface area (Å²) in [4.78, 5) is 0. The number of ether oxygens (including phenoxy) is 1. The highest BCUT2D eigenvalue weighted by Gasteiger charge is 2.16. The molecule has 0 aliphatic rings. The van der Waals surface area contributed by atoms with Crippen molar-refractivity contribution in [3.8, 4) is 17.1 Å². The van der Waals surface area contributed by atoms with Gasteiger partial charge in [0.1, 0.15) is 11.5 Å². The van der Waals surface area contributed by atoms with E-state index in [4.69, 9.17) is 15.1 Å². The molecule has 0 atom stereocenters. The van der Waals surface area contributed by atoms with Gasteiger partial charge in [-0.3, -0.25) is 0 Å². The molecule has 0 unspecified atom stereocenters. The van der Waals surface area contributed by atoms with Crippen LogP contribution in [0.1, 0.15) is 11.5 Å². The molecule has 0 spiro atoms. The van der Waals surface area contributed by atoms with E-state index in [1.165, 1.54) is 16.4 Å². The van der Waals surface area contributed by atoms with Crippen LogP contribution in [-0.4, -0.2) is 27.1 Å². The van der Waals surface area contributed by atoms with Gasteiger partial charge in [-0.15, -0.1) is 10.2 Å². The second kappa shape index (κ2) is 6.10. The van der Waals surface area contributed by atoms with Crippen molar-refractivity contribution in [2.75, 3.05) is 13.0 Å². The molecule has 114 valence electrons. The van der Waals surface area contributed by atoms with Gasteiger partial charge in [0.05, 0.1) is 24.1 Å². The summed E-state index contributed by atoms with van der Waals surface area (Å²) in [6.45, 7) is 1.88. The summed E-state index contributed by atoms with van der Waals surface area (Å²) in [5.74, 6) is 8.70. The molecule has 2 heterocycles. The van der Waals surface area contributed by atoms with Crippen LogP contribution < -0.4 is 10.6 Å². The van der Waals surface area contributed by atoms with Crippen LogP contribution in [0.4, 0.5) is 0 Å². The summed E-state index contributed by atoms with van der Waals surface area (Å²) in [6.07, 6.45) is 0. The van der Waals surface area contributed by atoms with Gasteiger partial charge in [-0.25, -0.2) is 4.68 Å². The number of benzene rings is 1. The lowest BCUT2D eigenvalue weighted by atomic mass is 10.2. The molecule has 7 nitrogen and oxygen atoms in total. The van der Waals surface area contributed by atoms with Crippen LogP contribution in [0.2, 0.25) is 0 Å². The van der Waals surface area contributed by atoms with E-state index in [-0.39, 0.29) is 0 Å². The van der Waals surface area contributed by atoms with Crippen LogP contribution in [0.5, 0.6) is 5.75 Å². The zero-order valence-electron chi connectivity index (χ0n) is 12.2. The lowest BCUT2D eigenvalue weighted by Crippen LogP contribution is -2.11. The van der Waals surface area contributed by atoms with Gasteiger partial charge in [-0.05, 0) is 19.1 Å². The van der Waals surface area contributed by atoms with Crippen molar-refractivity contribution in [3.05, 3.63) is 41.8 Å². The fourth-order valence-corrected chi connectivity index (χ4v) is 2.74. The quantitative estimate of drug-likeness (QED) is 0.570. The Morgan fingerprint density at radius 3 is 2.86 bits per heavy atom. The van der Waals surface area contributed by atoms with Gasteiger partial charge in [-0.2, -0.15) is 0 Å². The molecule has 0 aliphatic carbocycles. The summed E-state index contributed by atoms with van der Waals surface area (Å²) >= 11 is 1.43. The first kappa shape index (κ1) is 14.5. The van der Waals surface area contributed by atoms with E-state index < -0.39 is 0 Å². The first-order valence-corrected chi connectivity index (χ1v) is 7.56. The van der Waals surface area contributed by atoms with Crippen molar-refractivity contribution in [3.63, 3.8) is 0 Å². The highest BCUT2D eigenvalue weighted by molar-refractivity contribution is 7.98. The van der Waals surface area contributed by atoms with Crippen molar-refractivity contribution in [2.45, 2.75) is 17.8 Å². The molecule has 22 heavy (non-hydrogen) atoms. The van der Waals surface area contributed by atoms with E-state index in [1.54, 1.807) is 7.11 Å². The maximum Gasteiger partial charge on any atom is 0.210 e. The summed E-state index contributed by atoms with van der Waals surface area (Å²) in [5.41, 5.74) is 1.64. The average molecular weight is 317 g/mol. The Labute approximate surface area is 131 Å². The van der Waals surface area contributed by atoms with E-state index in [0.29, 0.717) is 22.5 Å². The summed E-state index contributed by atoms with van der Waals surface area (Å²) in [5, 5.41) is 12.7. The number of hydrogen-bond acceptors (Lipinski definition) is 7. The van der Waals surface area contributed by atoms with E-state index in [2.05, 4.69) is 15.4 Å². The second-order valence-electron chi connectivity index (χ2n) is 4.60. The molecule has 0 fully saturated rings. The van der Waals surface area contributed by atoms with Gasteiger partial charge in [0.2, 0.25) is 5.16 Å². The normalized spacial score (nSPS) is 10.8. The lowest BCUT2D eigenvalue weighted by molar-refractivity contribution is 0.391. The lowest BCUT2D eigenvalue weighted by Gasteiger charge is -2.07. The standard InChI is InChI=1S/C14H15N5O2S/c1-9-7-10(21-18-9)8-22-14-17-16-13(19(14)15)11-5-3-4-6-12(11)20-2/h3-7H,8,15H2,1-2H3. The smallest absolute Gasteiger partial charge is 0.210 e. The molecule has 2 aromatic heterocycles. The summed E-state index contributed by atoms with van der Waals surface area (Å²) in [7, 11) is 1.61. The van der Waals surface area contributed by atoms with E-state index >= 15 is 0 Å². The predicted octanol–water partition coefficient (Wildman–Crippen LogP) is 2.26. The van der Waals surface area contributed by atoms with Gasteiger partial charge < -0.3 is 15.1 Å². The number of aromatic nitrogens is 4. The molecular formula is C14H15N5O2S. The maximum absolute atomic E-state index is 6.10. The topological polar surface area (TPSA) is 92.0 Å². The molecular weight excluding hydrogens is 302 g/mol. The molecule has 8 heteroatoms. The minimum atomic E-state index is 0.550. The fourth-order valence-electron chi connectivity index (χ4n) is 2.01. The molecule has 0 saturated heterocycles. The Bertz CT molecular complexity index is 783. The van der Waals surface area contributed by atoms with Gasteiger partial charge in [0.25, 0.3) is 0 Å². The Morgan fingerprint density at radius 2 is 2.14 bits per heavy atom. The van der Waals surface area contributed by atoms with E-state index in [0.717, 1.165) is 17.0 Å². The second-order valence-corrected chi connectivity index (χ2v) is 5.54. The molecule has 1 aromatic carbocycles. The van der Waals surface area contributed by atoms with Crippen LogP contribution in [-0.2, 0) is 5.75 Å². The Balaban J connectivity index is 1.82. The van der Waals surface area contributed by atoms with Crippen LogP contribution in [0.15, 0.2) is 40.0 Å². The zero-order valence-corrected chi connectivity index (χ0v) is 13.0. The SMILES string of the molecule is COc1ccccc1-c1nnc(SCc2cc(C)no2)n1N. The number of methoxy groups -OCH3 is 1. The first-order chi connectivity index (χ1) is 10.7. The molecule has 0 saturated carbocycles. The third-order valence-corrected chi connectivity index (χ3v) is 4.00. The maximum atomic E-state index is 6.10. The van der Waals surface area contributed by atoms with Crippen molar-refractivity contribution in [2.24, 2.45) is 0 Å². The minimum Gasteiger partial charge on any atom is -0.496 e. The van der Waals surface area contributed by atoms with Gasteiger partial charge in [-0.1, -0.05) is 29.1 Å². The molecule has 0 amide bonds. The summed E-state index contributed by atoms with van der Waals surface area (Å²) in [6, 6.07) is 9.41. The third kappa shape index (κ3) is 2.77. The van der Waals surface area contributed by atoms with Crippen LogP contribution in [0.25, 0.3) is 11.4 Å². The minimum absolute atomic E-state index is 0.550. The van der Waals surface area contributed by atoms with Crippen LogP contribution >= 0.6 is 11.8 Å².